The number of aromatic nitrogens is 2. The minimum absolute atomic E-state index is 0.0429. The molecule has 9 heteroatoms. The topological polar surface area (TPSA) is 106 Å². The van der Waals surface area contributed by atoms with Gasteiger partial charge in [0.1, 0.15) is 5.92 Å². The minimum Gasteiger partial charge on any atom is -0.337 e. The first-order valence-electron chi connectivity index (χ1n) is 9.81. The van der Waals surface area contributed by atoms with Gasteiger partial charge >= 0.3 is 0 Å². The summed E-state index contributed by atoms with van der Waals surface area (Å²) in [6.07, 6.45) is 7.85. The smallest absolute Gasteiger partial charge is 0.269 e. The number of aryl methyl sites for hydroxylation is 1. The van der Waals surface area contributed by atoms with Gasteiger partial charge in [-0.25, -0.2) is 4.98 Å². The van der Waals surface area contributed by atoms with E-state index >= 15 is 0 Å². The number of nitro benzene ring substituents is 1. The standard InChI is InChI=1S/C22H20N6O3/c29-22-20(15-23-11-4-13-26-14-12-24-16-26)21(17-5-2-1-3-6-17)25-27(22)18-7-9-19(10-8-18)28(30)31/h1-3,5-10,12,14-16,20H,4,11,13H2/t20-/m1/s1. The number of hydrogen-bond acceptors (Lipinski definition) is 6. The van der Waals surface area contributed by atoms with Gasteiger partial charge in [-0.1, -0.05) is 30.3 Å². The van der Waals surface area contributed by atoms with Crippen LogP contribution in [0, 0.1) is 16.0 Å². The van der Waals surface area contributed by atoms with E-state index in [1.54, 1.807) is 18.7 Å². The molecule has 31 heavy (non-hydrogen) atoms. The number of benzene rings is 2. The highest BCUT2D eigenvalue weighted by molar-refractivity contribution is 6.29. The van der Waals surface area contributed by atoms with Crippen LogP contribution in [0.2, 0.25) is 0 Å². The van der Waals surface area contributed by atoms with Crippen molar-refractivity contribution in [3.8, 4) is 0 Å². The number of rotatable bonds is 8. The molecule has 0 bridgehead atoms. The van der Waals surface area contributed by atoms with Crippen LogP contribution in [0.5, 0.6) is 0 Å². The van der Waals surface area contributed by atoms with E-state index in [1.807, 2.05) is 41.1 Å². The second kappa shape index (κ2) is 9.12. The predicted octanol–water partition coefficient (Wildman–Crippen LogP) is 3.32. The van der Waals surface area contributed by atoms with Crippen LogP contribution in [0.1, 0.15) is 12.0 Å². The molecule has 1 atom stereocenters. The Hall–Kier alpha value is -4.14. The number of hydrazone groups is 1. The van der Waals surface area contributed by atoms with E-state index in [9.17, 15) is 14.9 Å². The number of carbonyl (C=O) groups is 1. The Balaban J connectivity index is 1.53. The normalized spacial score (nSPS) is 16.1. The fourth-order valence-electron chi connectivity index (χ4n) is 3.29. The van der Waals surface area contributed by atoms with Crippen molar-refractivity contribution in [1.82, 2.24) is 9.55 Å². The van der Waals surface area contributed by atoms with Gasteiger partial charge in [0.15, 0.2) is 0 Å². The average Bonchev–Trinajstić information content (AvgIpc) is 3.42. The maximum absolute atomic E-state index is 13.1. The molecule has 0 saturated carbocycles. The van der Waals surface area contributed by atoms with Crippen LogP contribution in [0.25, 0.3) is 0 Å². The Morgan fingerprint density at radius 1 is 1.13 bits per heavy atom. The van der Waals surface area contributed by atoms with Gasteiger partial charge in [0, 0.05) is 43.8 Å². The highest BCUT2D eigenvalue weighted by Gasteiger charge is 2.36. The summed E-state index contributed by atoms with van der Waals surface area (Å²) >= 11 is 0. The zero-order valence-corrected chi connectivity index (χ0v) is 16.6. The summed E-state index contributed by atoms with van der Waals surface area (Å²) in [6, 6.07) is 15.2. The summed E-state index contributed by atoms with van der Waals surface area (Å²) in [5, 5.41) is 16.7. The van der Waals surface area contributed by atoms with Crippen LogP contribution in [0.3, 0.4) is 0 Å². The fraction of sp³-hybridized carbons (Fsp3) is 0.182. The molecule has 1 aliphatic heterocycles. The summed E-state index contributed by atoms with van der Waals surface area (Å²) in [4.78, 5) is 32.0. The van der Waals surface area contributed by atoms with Crippen LogP contribution < -0.4 is 5.01 Å². The van der Waals surface area contributed by atoms with E-state index in [0.29, 0.717) is 17.9 Å². The van der Waals surface area contributed by atoms with Crippen molar-refractivity contribution in [2.24, 2.45) is 16.0 Å². The molecule has 2 heterocycles. The molecule has 0 fully saturated rings. The first-order chi connectivity index (χ1) is 15.1. The Bertz CT molecular complexity index is 1110. The fourth-order valence-corrected chi connectivity index (χ4v) is 3.29. The lowest BCUT2D eigenvalue weighted by molar-refractivity contribution is -0.384. The second-order valence-electron chi connectivity index (χ2n) is 6.96. The number of anilines is 1. The lowest BCUT2D eigenvalue weighted by atomic mass is 9.98. The predicted molar refractivity (Wildman–Crippen MR) is 117 cm³/mol. The third-order valence-electron chi connectivity index (χ3n) is 4.87. The number of amides is 1. The summed E-state index contributed by atoms with van der Waals surface area (Å²) in [5.74, 6) is -0.864. The molecule has 0 unspecified atom stereocenters. The second-order valence-corrected chi connectivity index (χ2v) is 6.96. The molecule has 2 aromatic carbocycles. The Kier molecular flexibility index (Phi) is 5.93. The molecular formula is C22H20N6O3. The van der Waals surface area contributed by atoms with Gasteiger partial charge in [-0.15, -0.1) is 0 Å². The third-order valence-corrected chi connectivity index (χ3v) is 4.87. The number of nitro groups is 1. The molecule has 1 aliphatic rings. The molecule has 0 saturated heterocycles. The van der Waals surface area contributed by atoms with E-state index < -0.39 is 10.8 Å². The summed E-state index contributed by atoms with van der Waals surface area (Å²) in [7, 11) is 0. The monoisotopic (exact) mass is 416 g/mol. The van der Waals surface area contributed by atoms with Gasteiger partial charge in [-0.3, -0.25) is 19.9 Å². The quantitative estimate of drug-likeness (QED) is 0.243. The Morgan fingerprint density at radius 2 is 1.90 bits per heavy atom. The summed E-state index contributed by atoms with van der Waals surface area (Å²) < 4.78 is 1.98. The molecule has 0 aliphatic carbocycles. The lowest BCUT2D eigenvalue weighted by Crippen LogP contribution is -2.28. The van der Waals surface area contributed by atoms with Gasteiger partial charge in [0.25, 0.3) is 11.6 Å². The summed E-state index contributed by atoms with van der Waals surface area (Å²) in [6.45, 7) is 1.37. The maximum atomic E-state index is 13.1. The van der Waals surface area contributed by atoms with Crippen LogP contribution in [-0.4, -0.2) is 38.9 Å². The Labute approximate surface area is 178 Å². The molecule has 3 aromatic rings. The molecule has 1 amide bonds. The molecule has 0 radical (unpaired) electrons. The molecular weight excluding hydrogens is 396 g/mol. The summed E-state index contributed by atoms with van der Waals surface area (Å²) in [5.41, 5.74) is 1.86. The Morgan fingerprint density at radius 3 is 2.58 bits per heavy atom. The van der Waals surface area contributed by atoms with Crippen molar-refractivity contribution >= 4 is 29.2 Å². The number of carbonyl (C=O) groups excluding carboxylic acids is 1. The number of imidazole rings is 1. The molecule has 0 N–H and O–H groups in total. The molecule has 4 rings (SSSR count). The van der Waals surface area contributed by atoms with Crippen LogP contribution in [0.15, 0.2) is 83.4 Å². The minimum atomic E-state index is -0.620. The first kappa shape index (κ1) is 20.1. The zero-order valence-electron chi connectivity index (χ0n) is 16.6. The largest absolute Gasteiger partial charge is 0.337 e. The van der Waals surface area contributed by atoms with Gasteiger partial charge in [-0.05, 0) is 24.1 Å². The van der Waals surface area contributed by atoms with E-state index in [2.05, 4.69) is 15.1 Å². The van der Waals surface area contributed by atoms with Crippen molar-refractivity contribution in [2.45, 2.75) is 13.0 Å². The van der Waals surface area contributed by atoms with E-state index in [-0.39, 0.29) is 11.6 Å². The van der Waals surface area contributed by atoms with Crippen LogP contribution in [0.4, 0.5) is 11.4 Å². The van der Waals surface area contributed by atoms with Crippen LogP contribution in [-0.2, 0) is 11.3 Å². The highest BCUT2D eigenvalue weighted by atomic mass is 16.6. The van der Waals surface area contributed by atoms with E-state index in [1.165, 1.54) is 29.3 Å². The van der Waals surface area contributed by atoms with Crippen molar-refractivity contribution in [2.75, 3.05) is 11.6 Å². The molecule has 9 nitrogen and oxygen atoms in total. The highest BCUT2D eigenvalue weighted by Crippen LogP contribution is 2.27. The van der Waals surface area contributed by atoms with Gasteiger partial charge in [0.2, 0.25) is 0 Å². The zero-order chi connectivity index (χ0) is 21.6. The molecule has 156 valence electrons. The van der Waals surface area contributed by atoms with Crippen molar-refractivity contribution < 1.29 is 9.72 Å². The number of hydrogen-bond donors (Lipinski definition) is 0. The van der Waals surface area contributed by atoms with Gasteiger partial charge in [-0.2, -0.15) is 10.1 Å². The SMILES string of the molecule is O=C1[C@H](C=NCCCn2ccnc2)C(c2ccccc2)=NN1c1ccc([N+](=O)[O-])cc1. The van der Waals surface area contributed by atoms with Crippen molar-refractivity contribution in [3.63, 3.8) is 0 Å². The average molecular weight is 416 g/mol. The van der Waals surface area contributed by atoms with Gasteiger partial charge < -0.3 is 4.57 Å². The van der Waals surface area contributed by atoms with Gasteiger partial charge in [0.05, 0.1) is 22.6 Å². The maximum Gasteiger partial charge on any atom is 0.269 e. The number of non-ortho nitro benzene ring substituents is 1. The van der Waals surface area contributed by atoms with E-state index in [4.69, 9.17) is 0 Å². The first-order valence-corrected chi connectivity index (χ1v) is 9.81. The third kappa shape index (κ3) is 4.55. The van der Waals surface area contributed by atoms with E-state index in [0.717, 1.165) is 18.5 Å². The lowest BCUT2D eigenvalue weighted by Gasteiger charge is -2.12. The molecule has 1 aromatic heterocycles. The van der Waals surface area contributed by atoms with Crippen molar-refractivity contribution in [1.29, 1.82) is 0 Å². The van der Waals surface area contributed by atoms with Crippen LogP contribution >= 0.6 is 0 Å². The number of nitrogens with zero attached hydrogens (tertiary/aromatic N) is 6. The number of aliphatic imine (C=N–C) groups is 1. The van der Waals surface area contributed by atoms with Crippen molar-refractivity contribution in [3.05, 3.63) is 89.0 Å². The molecule has 0 spiro atoms.